The number of ether oxygens (including phenoxy) is 1. The van der Waals surface area contributed by atoms with Gasteiger partial charge in [-0.1, -0.05) is 19.1 Å². The molecule has 0 saturated carbocycles. The molecule has 28 heavy (non-hydrogen) atoms. The Balaban J connectivity index is 1.58. The largest absolute Gasteiger partial charge is 0.495 e. The minimum atomic E-state index is -0.165. The maximum absolute atomic E-state index is 12.7. The Bertz CT molecular complexity index is 918. The number of piperidine rings is 1. The molecule has 1 atom stereocenters. The third-order valence-electron chi connectivity index (χ3n) is 5.75. The van der Waals surface area contributed by atoms with E-state index < -0.39 is 0 Å². The van der Waals surface area contributed by atoms with Crippen molar-refractivity contribution in [1.82, 2.24) is 9.97 Å². The molecule has 2 aromatic rings. The lowest BCUT2D eigenvalue weighted by molar-refractivity contribution is -0.117. The van der Waals surface area contributed by atoms with Crippen LogP contribution in [-0.4, -0.2) is 42.6 Å². The van der Waals surface area contributed by atoms with Crippen molar-refractivity contribution in [2.24, 2.45) is 5.92 Å². The molecule has 0 radical (unpaired) electrons. The average molecular weight is 382 g/mol. The maximum atomic E-state index is 12.7. The third-order valence-corrected chi connectivity index (χ3v) is 5.75. The van der Waals surface area contributed by atoms with Crippen molar-refractivity contribution in [2.75, 3.05) is 36.5 Å². The maximum Gasteiger partial charge on any atom is 0.252 e. The number of carbonyl (C=O) groups is 1. The molecule has 2 aliphatic heterocycles. The number of anilines is 2. The number of benzene rings is 1. The molecular formula is C21H26N4O3. The van der Waals surface area contributed by atoms with E-state index in [0.717, 1.165) is 31.6 Å². The van der Waals surface area contributed by atoms with Gasteiger partial charge in [-0.3, -0.25) is 14.6 Å². The monoisotopic (exact) mass is 382 g/mol. The molecule has 7 nitrogen and oxygen atoms in total. The van der Waals surface area contributed by atoms with Crippen molar-refractivity contribution < 1.29 is 9.53 Å². The Morgan fingerprint density at radius 3 is 2.68 bits per heavy atom. The summed E-state index contributed by atoms with van der Waals surface area (Å²) in [5.41, 5.74) is 1.28. The average Bonchev–Trinajstić information content (AvgIpc) is 3.09. The van der Waals surface area contributed by atoms with Crippen LogP contribution in [0.4, 0.5) is 11.6 Å². The predicted molar refractivity (Wildman–Crippen MR) is 108 cm³/mol. The molecule has 0 bridgehead atoms. The zero-order valence-corrected chi connectivity index (χ0v) is 16.4. The number of carbonyl (C=O) groups excluding carboxylic acids is 1. The minimum absolute atomic E-state index is 0.0185. The summed E-state index contributed by atoms with van der Waals surface area (Å²) < 4.78 is 5.40. The van der Waals surface area contributed by atoms with Gasteiger partial charge >= 0.3 is 0 Å². The zero-order chi connectivity index (χ0) is 19.7. The van der Waals surface area contributed by atoms with Gasteiger partial charge in [0.2, 0.25) is 11.9 Å². The highest BCUT2D eigenvalue weighted by molar-refractivity contribution is 5.97. The summed E-state index contributed by atoms with van der Waals surface area (Å²) in [6, 6.07) is 9.02. The van der Waals surface area contributed by atoms with Crippen molar-refractivity contribution in [3.8, 4) is 5.75 Å². The number of para-hydroxylation sites is 2. The molecule has 2 saturated heterocycles. The van der Waals surface area contributed by atoms with E-state index in [0.29, 0.717) is 36.3 Å². The van der Waals surface area contributed by atoms with Crippen molar-refractivity contribution in [3.05, 3.63) is 46.4 Å². The Morgan fingerprint density at radius 2 is 1.93 bits per heavy atom. The Morgan fingerprint density at radius 1 is 1.18 bits per heavy atom. The number of amides is 1. The topological polar surface area (TPSA) is 78.5 Å². The molecule has 7 heteroatoms. The lowest BCUT2D eigenvalue weighted by atomic mass is 9.99. The SMILES string of the molecule is COc1ccccc1N1C[C@H](c2cc(=O)[nH]c(N3CCC(C)CC3)n2)CC1=O. The summed E-state index contributed by atoms with van der Waals surface area (Å²) in [6.45, 7) is 4.53. The first-order valence-corrected chi connectivity index (χ1v) is 9.84. The van der Waals surface area contributed by atoms with Gasteiger partial charge < -0.3 is 14.5 Å². The third kappa shape index (κ3) is 3.61. The molecule has 2 fully saturated rings. The van der Waals surface area contributed by atoms with Crippen molar-refractivity contribution in [3.63, 3.8) is 0 Å². The second-order valence-corrected chi connectivity index (χ2v) is 7.74. The van der Waals surface area contributed by atoms with Gasteiger partial charge in [0.25, 0.3) is 5.56 Å². The molecule has 4 rings (SSSR count). The number of aromatic amines is 1. The Hall–Kier alpha value is -2.83. The summed E-state index contributed by atoms with van der Waals surface area (Å²) in [4.78, 5) is 36.4. The lowest BCUT2D eigenvalue weighted by Crippen LogP contribution is -2.35. The number of methoxy groups -OCH3 is 1. The van der Waals surface area contributed by atoms with E-state index in [9.17, 15) is 9.59 Å². The van der Waals surface area contributed by atoms with E-state index in [1.54, 1.807) is 12.0 Å². The fourth-order valence-corrected chi connectivity index (χ4v) is 4.03. The van der Waals surface area contributed by atoms with Crippen LogP contribution in [0.2, 0.25) is 0 Å². The molecule has 0 spiro atoms. The van der Waals surface area contributed by atoms with E-state index in [4.69, 9.17) is 9.72 Å². The van der Waals surface area contributed by atoms with Crippen LogP contribution in [-0.2, 0) is 4.79 Å². The smallest absolute Gasteiger partial charge is 0.252 e. The Kier molecular flexibility index (Phi) is 5.07. The van der Waals surface area contributed by atoms with Gasteiger partial charge in [-0.15, -0.1) is 0 Å². The minimum Gasteiger partial charge on any atom is -0.495 e. The molecule has 3 heterocycles. The van der Waals surface area contributed by atoms with Crippen LogP contribution in [0.25, 0.3) is 0 Å². The summed E-state index contributed by atoms with van der Waals surface area (Å²) in [5, 5.41) is 0. The first-order chi connectivity index (χ1) is 13.5. The predicted octanol–water partition coefficient (Wildman–Crippen LogP) is 2.54. The molecule has 148 valence electrons. The van der Waals surface area contributed by atoms with Gasteiger partial charge in [-0.25, -0.2) is 4.98 Å². The second-order valence-electron chi connectivity index (χ2n) is 7.74. The lowest BCUT2D eigenvalue weighted by Gasteiger charge is -2.30. The highest BCUT2D eigenvalue weighted by Crippen LogP contribution is 2.36. The van der Waals surface area contributed by atoms with E-state index in [1.165, 1.54) is 6.07 Å². The number of nitrogens with zero attached hydrogens (tertiary/aromatic N) is 3. The van der Waals surface area contributed by atoms with Crippen LogP contribution in [0.1, 0.15) is 37.8 Å². The fourth-order valence-electron chi connectivity index (χ4n) is 4.03. The number of rotatable bonds is 4. The normalized spacial score (nSPS) is 20.6. The van der Waals surface area contributed by atoms with Crippen LogP contribution in [0.5, 0.6) is 5.75 Å². The van der Waals surface area contributed by atoms with Crippen LogP contribution < -0.4 is 20.1 Å². The number of hydrogen-bond donors (Lipinski definition) is 1. The zero-order valence-electron chi connectivity index (χ0n) is 16.4. The highest BCUT2D eigenvalue weighted by atomic mass is 16.5. The van der Waals surface area contributed by atoms with Gasteiger partial charge in [0.15, 0.2) is 0 Å². The van der Waals surface area contributed by atoms with Gasteiger partial charge in [0, 0.05) is 38.0 Å². The summed E-state index contributed by atoms with van der Waals surface area (Å²) >= 11 is 0. The summed E-state index contributed by atoms with van der Waals surface area (Å²) in [5.74, 6) is 1.90. The van der Waals surface area contributed by atoms with Gasteiger partial charge in [-0.05, 0) is 30.9 Å². The van der Waals surface area contributed by atoms with Crippen LogP contribution >= 0.6 is 0 Å². The summed E-state index contributed by atoms with van der Waals surface area (Å²) in [7, 11) is 1.60. The van der Waals surface area contributed by atoms with E-state index in [1.807, 2.05) is 24.3 Å². The van der Waals surface area contributed by atoms with Crippen molar-refractivity contribution in [1.29, 1.82) is 0 Å². The molecule has 1 aromatic carbocycles. The van der Waals surface area contributed by atoms with Crippen LogP contribution in [0.3, 0.4) is 0 Å². The van der Waals surface area contributed by atoms with E-state index in [2.05, 4.69) is 16.8 Å². The van der Waals surface area contributed by atoms with Gasteiger partial charge in [0.1, 0.15) is 5.75 Å². The number of hydrogen-bond acceptors (Lipinski definition) is 5. The van der Waals surface area contributed by atoms with Gasteiger partial charge in [-0.2, -0.15) is 0 Å². The number of nitrogens with one attached hydrogen (secondary N) is 1. The van der Waals surface area contributed by atoms with Crippen molar-refractivity contribution in [2.45, 2.75) is 32.1 Å². The summed E-state index contributed by atoms with van der Waals surface area (Å²) in [6.07, 6.45) is 2.53. The Labute approximate surface area is 164 Å². The molecule has 1 N–H and O–H groups in total. The molecule has 2 aliphatic rings. The van der Waals surface area contributed by atoms with E-state index >= 15 is 0 Å². The fraction of sp³-hybridized carbons (Fsp3) is 0.476. The number of H-pyrrole nitrogens is 1. The molecule has 1 aromatic heterocycles. The quantitative estimate of drug-likeness (QED) is 0.879. The van der Waals surface area contributed by atoms with Gasteiger partial charge in [0.05, 0.1) is 18.5 Å². The highest BCUT2D eigenvalue weighted by Gasteiger charge is 2.34. The van der Waals surface area contributed by atoms with Crippen molar-refractivity contribution >= 4 is 17.5 Å². The van der Waals surface area contributed by atoms with Crippen LogP contribution in [0.15, 0.2) is 35.1 Å². The number of aromatic nitrogens is 2. The first-order valence-electron chi connectivity index (χ1n) is 9.84. The van der Waals surface area contributed by atoms with E-state index in [-0.39, 0.29) is 17.4 Å². The molecule has 0 unspecified atom stereocenters. The molecule has 1 amide bonds. The second kappa shape index (κ2) is 7.66. The molecule has 0 aliphatic carbocycles. The molecular weight excluding hydrogens is 356 g/mol. The standard InChI is InChI=1S/C21H26N4O3/c1-14-7-9-24(10-8-14)21-22-16(12-19(26)23-21)15-11-20(27)25(13-15)17-5-3-4-6-18(17)28-2/h3-6,12,14-15H,7-11,13H2,1-2H3,(H,22,23,26)/t15-/m1/s1. The first kappa shape index (κ1) is 18.5. The van der Waals surface area contributed by atoms with Crippen LogP contribution in [0, 0.1) is 5.92 Å².